The monoisotopic (exact) mass is 238 g/mol. The van der Waals surface area contributed by atoms with Crippen LogP contribution in [0.1, 0.15) is 32.6 Å². The Morgan fingerprint density at radius 2 is 2.00 bits per heavy atom. The summed E-state index contributed by atoms with van der Waals surface area (Å²) in [6.07, 6.45) is 5.32. The Morgan fingerprint density at radius 3 is 2.59 bits per heavy atom. The summed E-state index contributed by atoms with van der Waals surface area (Å²) in [4.78, 5) is 13.6. The van der Waals surface area contributed by atoms with E-state index in [-0.39, 0.29) is 5.97 Å². The van der Waals surface area contributed by atoms with E-state index in [1.165, 1.54) is 25.7 Å². The van der Waals surface area contributed by atoms with Gasteiger partial charge in [0, 0.05) is 25.2 Å². The smallest absolute Gasteiger partial charge is 0.320 e. The molecule has 1 spiro atoms. The quantitative estimate of drug-likeness (QED) is 0.737. The molecule has 3 saturated heterocycles. The molecule has 2 unspecified atom stereocenters. The van der Waals surface area contributed by atoms with Crippen molar-refractivity contribution < 1.29 is 9.53 Å². The lowest BCUT2D eigenvalue weighted by Gasteiger charge is -2.54. The first-order chi connectivity index (χ1) is 8.19. The van der Waals surface area contributed by atoms with Crippen molar-refractivity contribution in [2.24, 2.45) is 5.41 Å². The van der Waals surface area contributed by atoms with E-state index in [9.17, 15) is 4.79 Å². The van der Waals surface area contributed by atoms with Gasteiger partial charge < -0.3 is 10.1 Å². The fourth-order valence-corrected chi connectivity index (χ4v) is 4.01. The molecule has 0 amide bonds. The maximum absolute atomic E-state index is 11.4. The van der Waals surface area contributed by atoms with Crippen LogP contribution in [0.4, 0.5) is 0 Å². The molecular weight excluding hydrogens is 216 g/mol. The van der Waals surface area contributed by atoms with Crippen LogP contribution in [0.15, 0.2) is 0 Å². The van der Waals surface area contributed by atoms with Gasteiger partial charge in [0.15, 0.2) is 0 Å². The maximum Gasteiger partial charge on any atom is 0.320 e. The van der Waals surface area contributed by atoms with Crippen molar-refractivity contribution in [2.75, 3.05) is 26.2 Å². The molecule has 0 aliphatic carbocycles. The van der Waals surface area contributed by atoms with E-state index in [0.29, 0.717) is 18.6 Å². The van der Waals surface area contributed by atoms with Gasteiger partial charge in [-0.25, -0.2) is 0 Å². The Balaban J connectivity index is 1.49. The molecule has 96 valence electrons. The highest BCUT2D eigenvalue weighted by atomic mass is 16.5. The highest BCUT2D eigenvalue weighted by Crippen LogP contribution is 2.46. The standard InChI is InChI=1S/C13H22N2O2/c1-2-17-12(16)7-15-8-13(9-15)5-10-3-4-11(6-13)14-10/h10-11,14H,2-9H2,1H3. The lowest BCUT2D eigenvalue weighted by atomic mass is 9.70. The van der Waals surface area contributed by atoms with Crippen molar-refractivity contribution >= 4 is 5.97 Å². The third-order valence-electron chi connectivity index (χ3n) is 4.47. The summed E-state index contributed by atoms with van der Waals surface area (Å²) in [5.74, 6) is -0.0701. The number of hydrogen-bond donors (Lipinski definition) is 1. The normalized spacial score (nSPS) is 34.6. The van der Waals surface area contributed by atoms with Crippen LogP contribution in [0, 0.1) is 5.41 Å². The Morgan fingerprint density at radius 1 is 1.35 bits per heavy atom. The summed E-state index contributed by atoms with van der Waals surface area (Å²) in [6.45, 7) is 5.03. The molecule has 3 aliphatic rings. The molecule has 1 N–H and O–H groups in total. The summed E-state index contributed by atoms with van der Waals surface area (Å²) in [6, 6.07) is 1.50. The van der Waals surface area contributed by atoms with Gasteiger partial charge in [0.05, 0.1) is 13.2 Å². The van der Waals surface area contributed by atoms with E-state index in [1.807, 2.05) is 6.92 Å². The number of nitrogens with one attached hydrogen (secondary N) is 1. The first-order valence-corrected chi connectivity index (χ1v) is 6.83. The van der Waals surface area contributed by atoms with Crippen molar-refractivity contribution in [1.29, 1.82) is 0 Å². The molecule has 2 atom stereocenters. The van der Waals surface area contributed by atoms with Gasteiger partial charge in [-0.05, 0) is 38.0 Å². The molecule has 0 aromatic rings. The van der Waals surface area contributed by atoms with Crippen molar-refractivity contribution in [1.82, 2.24) is 10.2 Å². The molecule has 0 saturated carbocycles. The number of carbonyl (C=O) groups is 1. The van der Waals surface area contributed by atoms with Gasteiger partial charge in [-0.15, -0.1) is 0 Å². The first kappa shape index (κ1) is 11.5. The summed E-state index contributed by atoms with van der Waals surface area (Å²) in [5.41, 5.74) is 0.517. The topological polar surface area (TPSA) is 41.6 Å². The van der Waals surface area contributed by atoms with Crippen molar-refractivity contribution in [3.05, 3.63) is 0 Å². The molecule has 3 heterocycles. The Hall–Kier alpha value is -0.610. The number of carbonyl (C=O) groups excluding carboxylic acids is 1. The maximum atomic E-state index is 11.4. The SMILES string of the molecule is CCOC(=O)CN1CC2(CC3CCC(C2)N3)C1. The van der Waals surface area contributed by atoms with Gasteiger partial charge in [0.1, 0.15) is 0 Å². The Labute approximate surface area is 103 Å². The van der Waals surface area contributed by atoms with Crippen LogP contribution in [0.5, 0.6) is 0 Å². The van der Waals surface area contributed by atoms with E-state index in [0.717, 1.165) is 25.2 Å². The second kappa shape index (κ2) is 4.25. The molecule has 3 rings (SSSR count). The van der Waals surface area contributed by atoms with Gasteiger partial charge in [0.25, 0.3) is 0 Å². The number of likely N-dealkylation sites (tertiary alicyclic amines) is 1. The zero-order valence-electron chi connectivity index (χ0n) is 10.6. The summed E-state index contributed by atoms with van der Waals surface area (Å²) in [5, 5.41) is 3.68. The predicted molar refractivity (Wildman–Crippen MR) is 64.7 cm³/mol. The average molecular weight is 238 g/mol. The molecule has 4 heteroatoms. The average Bonchev–Trinajstić information content (AvgIpc) is 2.56. The van der Waals surface area contributed by atoms with Crippen molar-refractivity contribution in [3.63, 3.8) is 0 Å². The third-order valence-corrected chi connectivity index (χ3v) is 4.47. The van der Waals surface area contributed by atoms with E-state index >= 15 is 0 Å². The van der Waals surface area contributed by atoms with Crippen LogP contribution in [-0.4, -0.2) is 49.2 Å². The lowest BCUT2D eigenvalue weighted by Crippen LogP contribution is -2.62. The number of ether oxygens (including phenoxy) is 1. The minimum absolute atomic E-state index is 0.0701. The van der Waals surface area contributed by atoms with Gasteiger partial charge in [-0.2, -0.15) is 0 Å². The van der Waals surface area contributed by atoms with E-state index in [1.54, 1.807) is 0 Å². The third kappa shape index (κ3) is 2.20. The summed E-state index contributed by atoms with van der Waals surface area (Å²) >= 11 is 0. The summed E-state index contributed by atoms with van der Waals surface area (Å²) < 4.78 is 4.99. The Kier molecular flexibility index (Phi) is 2.87. The van der Waals surface area contributed by atoms with Crippen LogP contribution >= 0.6 is 0 Å². The van der Waals surface area contributed by atoms with Crippen LogP contribution in [0.25, 0.3) is 0 Å². The number of nitrogens with zero attached hydrogens (tertiary/aromatic N) is 1. The summed E-state index contributed by atoms with van der Waals surface area (Å²) in [7, 11) is 0. The van der Waals surface area contributed by atoms with E-state index in [2.05, 4.69) is 10.2 Å². The zero-order chi connectivity index (χ0) is 11.9. The highest BCUT2D eigenvalue weighted by Gasteiger charge is 2.50. The minimum Gasteiger partial charge on any atom is -0.465 e. The molecule has 17 heavy (non-hydrogen) atoms. The molecule has 0 radical (unpaired) electrons. The van der Waals surface area contributed by atoms with Gasteiger partial charge in [0.2, 0.25) is 0 Å². The predicted octanol–water partition coefficient (Wildman–Crippen LogP) is 0.766. The van der Waals surface area contributed by atoms with Crippen molar-refractivity contribution in [3.8, 4) is 0 Å². The number of piperidine rings is 1. The van der Waals surface area contributed by atoms with Crippen molar-refractivity contribution in [2.45, 2.75) is 44.7 Å². The number of hydrogen-bond acceptors (Lipinski definition) is 4. The van der Waals surface area contributed by atoms with Gasteiger partial charge >= 0.3 is 5.97 Å². The highest BCUT2D eigenvalue weighted by molar-refractivity contribution is 5.71. The second-order valence-corrected chi connectivity index (χ2v) is 6.00. The largest absolute Gasteiger partial charge is 0.465 e. The van der Waals surface area contributed by atoms with Crippen LogP contribution < -0.4 is 5.32 Å². The number of rotatable bonds is 3. The molecular formula is C13H22N2O2. The second-order valence-electron chi connectivity index (χ2n) is 6.00. The molecule has 3 aliphatic heterocycles. The number of esters is 1. The molecule has 0 aromatic heterocycles. The van der Waals surface area contributed by atoms with Crippen LogP contribution in [-0.2, 0) is 9.53 Å². The zero-order valence-corrected chi connectivity index (χ0v) is 10.6. The van der Waals surface area contributed by atoms with E-state index in [4.69, 9.17) is 4.74 Å². The van der Waals surface area contributed by atoms with Gasteiger partial charge in [-0.1, -0.05) is 0 Å². The van der Waals surface area contributed by atoms with Gasteiger partial charge in [-0.3, -0.25) is 9.69 Å². The fraction of sp³-hybridized carbons (Fsp3) is 0.923. The minimum atomic E-state index is -0.0701. The molecule has 0 aromatic carbocycles. The lowest BCUT2D eigenvalue weighted by molar-refractivity contribution is -0.148. The fourth-order valence-electron chi connectivity index (χ4n) is 4.01. The number of fused-ring (bicyclic) bond motifs is 2. The van der Waals surface area contributed by atoms with Crippen LogP contribution in [0.2, 0.25) is 0 Å². The first-order valence-electron chi connectivity index (χ1n) is 6.83. The van der Waals surface area contributed by atoms with Crippen LogP contribution in [0.3, 0.4) is 0 Å². The molecule has 4 nitrogen and oxygen atoms in total. The molecule has 3 fully saturated rings. The molecule has 2 bridgehead atoms. The van der Waals surface area contributed by atoms with E-state index < -0.39 is 0 Å². The Bertz CT molecular complexity index is 299.